The maximum atomic E-state index is 4.86. The Morgan fingerprint density at radius 3 is 2.34 bits per heavy atom. The van der Waals surface area contributed by atoms with Gasteiger partial charge in [0.2, 0.25) is 0 Å². The van der Waals surface area contributed by atoms with Crippen molar-refractivity contribution in [1.82, 2.24) is 33.6 Å². The summed E-state index contributed by atoms with van der Waals surface area (Å²) in [6.07, 6.45) is 10.2. The summed E-state index contributed by atoms with van der Waals surface area (Å²) in [5.41, 5.74) is 3.56. The van der Waals surface area contributed by atoms with Crippen LogP contribution in [-0.4, -0.2) is 46.6 Å². The van der Waals surface area contributed by atoms with Crippen molar-refractivity contribution in [2.24, 2.45) is 7.05 Å². The first-order valence-corrected chi connectivity index (χ1v) is 12.4. The van der Waals surface area contributed by atoms with E-state index >= 15 is 0 Å². The molecule has 0 saturated carbocycles. The smallest absolute Gasteiger partial charge is 0.129 e. The van der Waals surface area contributed by atoms with Gasteiger partial charge in [0, 0.05) is 44.3 Å². The molecule has 0 amide bonds. The Morgan fingerprint density at radius 1 is 0.771 bits per heavy atom. The van der Waals surface area contributed by atoms with Crippen LogP contribution in [0.25, 0.3) is 11.0 Å². The van der Waals surface area contributed by atoms with E-state index < -0.39 is 0 Å². The topological polar surface area (TPSA) is 56.7 Å². The average Bonchev–Trinajstić information content (AvgIpc) is 3.61. The van der Waals surface area contributed by atoms with Crippen LogP contribution in [0.3, 0.4) is 0 Å². The lowest BCUT2D eigenvalue weighted by atomic mass is 9.96. The second kappa shape index (κ2) is 9.50. The van der Waals surface area contributed by atoms with E-state index in [1.165, 1.54) is 16.9 Å². The predicted octanol–water partition coefficient (Wildman–Crippen LogP) is 4.44. The van der Waals surface area contributed by atoms with Gasteiger partial charge in [-0.1, -0.05) is 42.5 Å². The van der Waals surface area contributed by atoms with Gasteiger partial charge < -0.3 is 13.7 Å². The van der Waals surface area contributed by atoms with E-state index in [-0.39, 0.29) is 0 Å². The number of hydrogen-bond donors (Lipinski definition) is 0. The number of nitrogens with zero attached hydrogens (tertiary/aromatic N) is 7. The van der Waals surface area contributed by atoms with Crippen LogP contribution in [0.1, 0.15) is 41.8 Å². The fourth-order valence-electron chi connectivity index (χ4n) is 5.27. The Balaban J connectivity index is 1.11. The van der Waals surface area contributed by atoms with Gasteiger partial charge in [-0.25, -0.2) is 15.0 Å². The molecule has 35 heavy (non-hydrogen) atoms. The maximum Gasteiger partial charge on any atom is 0.129 e. The third-order valence-corrected chi connectivity index (χ3v) is 7.25. The summed E-state index contributed by atoms with van der Waals surface area (Å²) in [6, 6.07) is 18.9. The van der Waals surface area contributed by atoms with Crippen LogP contribution < -0.4 is 0 Å². The molecular weight excluding hydrogens is 434 g/mol. The molecule has 0 aliphatic carbocycles. The number of piperidine rings is 1. The molecule has 7 heteroatoms. The van der Waals surface area contributed by atoms with Crippen LogP contribution in [0.2, 0.25) is 0 Å². The van der Waals surface area contributed by atoms with Crippen molar-refractivity contribution in [3.8, 4) is 0 Å². The standard InChI is InChI=1S/C28H31N7/c1-32-25-10-6-5-9-24(25)31-27(32)20-33-15-11-23(12-16-33)28-30-14-18-35(28)21-26-29-13-17-34(26)19-22-7-3-2-4-8-22/h2-10,13-14,17-18,23H,11-12,15-16,19-21H2,1H3. The summed E-state index contributed by atoms with van der Waals surface area (Å²) in [6.45, 7) is 4.59. The molecule has 0 unspecified atom stereocenters. The molecule has 2 aromatic carbocycles. The third kappa shape index (κ3) is 4.51. The highest BCUT2D eigenvalue weighted by molar-refractivity contribution is 5.75. The van der Waals surface area contributed by atoms with E-state index in [9.17, 15) is 0 Å². The highest BCUT2D eigenvalue weighted by Crippen LogP contribution is 2.28. The number of aryl methyl sites for hydroxylation is 1. The lowest BCUT2D eigenvalue weighted by Crippen LogP contribution is -2.34. The van der Waals surface area contributed by atoms with Crippen molar-refractivity contribution >= 4 is 11.0 Å². The normalized spacial score (nSPS) is 15.2. The van der Waals surface area contributed by atoms with Gasteiger partial charge in [0.25, 0.3) is 0 Å². The van der Waals surface area contributed by atoms with Crippen LogP contribution in [0, 0.1) is 0 Å². The van der Waals surface area contributed by atoms with Crippen LogP contribution in [-0.2, 0) is 26.7 Å². The molecule has 1 aliphatic heterocycles. The summed E-state index contributed by atoms with van der Waals surface area (Å²) >= 11 is 0. The first kappa shape index (κ1) is 21.8. The summed E-state index contributed by atoms with van der Waals surface area (Å²) < 4.78 is 6.75. The van der Waals surface area contributed by atoms with Crippen LogP contribution in [0.5, 0.6) is 0 Å². The second-order valence-corrected chi connectivity index (χ2v) is 9.50. The van der Waals surface area contributed by atoms with Gasteiger partial charge in [-0.15, -0.1) is 0 Å². The molecule has 5 aromatic rings. The first-order chi connectivity index (χ1) is 17.2. The van der Waals surface area contributed by atoms with E-state index in [2.05, 4.69) is 97.6 Å². The van der Waals surface area contributed by atoms with Crippen molar-refractivity contribution < 1.29 is 0 Å². The average molecular weight is 466 g/mol. The molecule has 6 rings (SSSR count). The van der Waals surface area contributed by atoms with Crippen LogP contribution in [0.15, 0.2) is 79.4 Å². The molecule has 0 N–H and O–H groups in total. The Hall–Kier alpha value is -3.71. The van der Waals surface area contributed by atoms with E-state index in [4.69, 9.17) is 9.97 Å². The molecule has 178 valence electrons. The van der Waals surface area contributed by atoms with Crippen molar-refractivity contribution in [3.05, 3.63) is 102 Å². The number of para-hydroxylation sites is 2. The highest BCUT2D eigenvalue weighted by atomic mass is 15.2. The van der Waals surface area contributed by atoms with Gasteiger partial charge in [0.1, 0.15) is 17.5 Å². The van der Waals surface area contributed by atoms with Gasteiger partial charge in [-0.2, -0.15) is 0 Å². The van der Waals surface area contributed by atoms with Gasteiger partial charge in [-0.05, 0) is 43.6 Å². The summed E-state index contributed by atoms with van der Waals surface area (Å²) in [4.78, 5) is 16.8. The molecule has 1 aliphatic rings. The summed E-state index contributed by atoms with van der Waals surface area (Å²) in [5, 5.41) is 0. The molecule has 4 heterocycles. The molecule has 0 radical (unpaired) electrons. The second-order valence-electron chi connectivity index (χ2n) is 9.50. The van der Waals surface area contributed by atoms with Crippen molar-refractivity contribution in [3.63, 3.8) is 0 Å². The van der Waals surface area contributed by atoms with E-state index in [0.717, 1.165) is 62.7 Å². The Morgan fingerprint density at radius 2 is 1.51 bits per heavy atom. The van der Waals surface area contributed by atoms with Gasteiger partial charge >= 0.3 is 0 Å². The molecule has 0 bridgehead atoms. The molecular formula is C28H31N7. The largest absolute Gasteiger partial charge is 0.330 e. The molecule has 0 spiro atoms. The summed E-state index contributed by atoms with van der Waals surface area (Å²) in [7, 11) is 2.12. The number of imidazole rings is 3. The van der Waals surface area contributed by atoms with Gasteiger partial charge in [0.05, 0.1) is 24.1 Å². The zero-order valence-corrected chi connectivity index (χ0v) is 20.2. The van der Waals surface area contributed by atoms with Gasteiger partial charge in [-0.3, -0.25) is 4.90 Å². The SMILES string of the molecule is Cn1c(CN2CCC(c3nccn3Cc3nccn3Cc3ccccc3)CC2)nc2ccccc21. The lowest BCUT2D eigenvalue weighted by Gasteiger charge is -2.31. The van der Waals surface area contributed by atoms with E-state index in [1.807, 2.05) is 12.4 Å². The number of aromatic nitrogens is 6. The Kier molecular flexibility index (Phi) is 5.92. The third-order valence-electron chi connectivity index (χ3n) is 7.25. The molecule has 1 fully saturated rings. The number of benzene rings is 2. The minimum atomic E-state index is 0.472. The Labute approximate surface area is 205 Å². The van der Waals surface area contributed by atoms with Crippen molar-refractivity contribution in [1.29, 1.82) is 0 Å². The minimum Gasteiger partial charge on any atom is -0.330 e. The molecule has 3 aromatic heterocycles. The number of fused-ring (bicyclic) bond motifs is 1. The van der Waals surface area contributed by atoms with E-state index in [1.54, 1.807) is 0 Å². The van der Waals surface area contributed by atoms with Gasteiger partial charge in [0.15, 0.2) is 0 Å². The van der Waals surface area contributed by atoms with Crippen LogP contribution >= 0.6 is 0 Å². The first-order valence-electron chi connectivity index (χ1n) is 12.4. The zero-order valence-electron chi connectivity index (χ0n) is 20.2. The molecule has 0 atom stereocenters. The number of rotatable bonds is 7. The lowest BCUT2D eigenvalue weighted by molar-refractivity contribution is 0.194. The maximum absolute atomic E-state index is 4.86. The van der Waals surface area contributed by atoms with Crippen LogP contribution in [0.4, 0.5) is 0 Å². The zero-order chi connectivity index (χ0) is 23.6. The monoisotopic (exact) mass is 465 g/mol. The fourth-order valence-corrected chi connectivity index (χ4v) is 5.27. The quantitative estimate of drug-likeness (QED) is 0.357. The van der Waals surface area contributed by atoms with Crippen molar-refractivity contribution in [2.75, 3.05) is 13.1 Å². The van der Waals surface area contributed by atoms with E-state index in [0.29, 0.717) is 5.92 Å². The minimum absolute atomic E-state index is 0.472. The Bertz CT molecular complexity index is 1400. The van der Waals surface area contributed by atoms with Crippen molar-refractivity contribution in [2.45, 2.75) is 38.4 Å². The molecule has 7 nitrogen and oxygen atoms in total. The highest BCUT2D eigenvalue weighted by Gasteiger charge is 2.25. The summed E-state index contributed by atoms with van der Waals surface area (Å²) in [5.74, 6) is 3.85. The molecule has 1 saturated heterocycles. The predicted molar refractivity (Wildman–Crippen MR) is 137 cm³/mol. The number of hydrogen-bond acceptors (Lipinski definition) is 4. The number of likely N-dealkylation sites (tertiary alicyclic amines) is 1. The fraction of sp³-hybridized carbons (Fsp3) is 0.321.